The lowest BCUT2D eigenvalue weighted by Crippen LogP contribution is -2.00. The van der Waals surface area contributed by atoms with Crippen LogP contribution in [0.4, 0.5) is 0 Å². The van der Waals surface area contributed by atoms with Gasteiger partial charge in [0, 0.05) is 10.9 Å². The molecule has 6 nitrogen and oxygen atoms in total. The van der Waals surface area contributed by atoms with Gasteiger partial charge in [0.05, 0.1) is 11.2 Å². The van der Waals surface area contributed by atoms with Crippen LogP contribution in [0.3, 0.4) is 0 Å². The van der Waals surface area contributed by atoms with Gasteiger partial charge in [-0.25, -0.2) is 9.67 Å². The first-order valence-electron chi connectivity index (χ1n) is 8.13. The first kappa shape index (κ1) is 16.5. The fourth-order valence-corrected chi connectivity index (χ4v) is 2.93. The van der Waals surface area contributed by atoms with Crippen LogP contribution in [0.2, 0.25) is 5.15 Å². The Kier molecular flexibility index (Phi) is 4.26. The van der Waals surface area contributed by atoms with Gasteiger partial charge in [0.25, 0.3) is 0 Å². The molecule has 0 aliphatic rings. The summed E-state index contributed by atoms with van der Waals surface area (Å²) < 4.78 is 7.44. The molecular formula is C19H16ClN5O. The Balaban J connectivity index is 1.54. The summed E-state index contributed by atoms with van der Waals surface area (Å²) in [6.07, 6.45) is 1.54. The van der Waals surface area contributed by atoms with Crippen LogP contribution < -0.4 is 4.74 Å². The number of aryl methyl sites for hydroxylation is 2. The molecule has 0 radical (unpaired) electrons. The molecule has 0 amide bonds. The van der Waals surface area contributed by atoms with Gasteiger partial charge in [0.15, 0.2) is 0 Å². The maximum absolute atomic E-state index is 6.37. The molecule has 26 heavy (non-hydrogen) atoms. The molecule has 0 aliphatic carbocycles. The van der Waals surface area contributed by atoms with Gasteiger partial charge in [0.1, 0.15) is 23.8 Å². The number of rotatable bonds is 4. The highest BCUT2D eigenvalue weighted by atomic mass is 35.5. The molecule has 0 fully saturated rings. The smallest absolute Gasteiger partial charge is 0.143 e. The minimum atomic E-state index is 0.346. The van der Waals surface area contributed by atoms with Crippen molar-refractivity contribution in [2.24, 2.45) is 0 Å². The maximum atomic E-state index is 6.37. The van der Waals surface area contributed by atoms with Crippen LogP contribution in [0.5, 0.6) is 5.75 Å². The second-order valence-electron chi connectivity index (χ2n) is 6.05. The minimum absolute atomic E-state index is 0.346. The lowest BCUT2D eigenvalue weighted by atomic mass is 10.0. The van der Waals surface area contributed by atoms with E-state index in [1.165, 1.54) is 5.56 Å². The van der Waals surface area contributed by atoms with Crippen molar-refractivity contribution in [2.75, 3.05) is 0 Å². The Hall–Kier alpha value is -2.99. The van der Waals surface area contributed by atoms with Crippen molar-refractivity contribution in [1.82, 2.24) is 25.2 Å². The number of hydrogen-bond donors (Lipinski definition) is 0. The van der Waals surface area contributed by atoms with Crippen molar-refractivity contribution in [2.45, 2.75) is 20.5 Å². The normalized spacial score (nSPS) is 11.0. The molecule has 0 saturated heterocycles. The van der Waals surface area contributed by atoms with Crippen LogP contribution >= 0.6 is 11.6 Å². The summed E-state index contributed by atoms with van der Waals surface area (Å²) in [5.41, 5.74) is 5.00. The Morgan fingerprint density at radius 3 is 2.62 bits per heavy atom. The summed E-state index contributed by atoms with van der Waals surface area (Å²) in [6.45, 7) is 4.47. The highest BCUT2D eigenvalue weighted by molar-refractivity contribution is 6.30. The summed E-state index contributed by atoms with van der Waals surface area (Å²) in [6, 6.07) is 13.7. The molecule has 4 aromatic rings. The molecule has 2 heterocycles. The molecule has 4 rings (SSSR count). The van der Waals surface area contributed by atoms with Crippen LogP contribution in [-0.4, -0.2) is 25.2 Å². The monoisotopic (exact) mass is 365 g/mol. The third kappa shape index (κ3) is 3.11. The predicted molar refractivity (Wildman–Crippen MR) is 99.7 cm³/mol. The lowest BCUT2D eigenvalue weighted by Gasteiger charge is -2.11. The van der Waals surface area contributed by atoms with Crippen molar-refractivity contribution in [3.63, 3.8) is 0 Å². The fraction of sp³-hybridized carbons (Fsp3) is 0.158. The number of ether oxygens (including phenoxy) is 1. The van der Waals surface area contributed by atoms with Crippen molar-refractivity contribution < 1.29 is 4.74 Å². The van der Waals surface area contributed by atoms with E-state index in [1.54, 1.807) is 11.0 Å². The predicted octanol–water partition coefficient (Wildman–Crippen LogP) is 4.06. The molecule has 0 spiro atoms. The summed E-state index contributed by atoms with van der Waals surface area (Å²) in [7, 11) is 0. The fourth-order valence-electron chi connectivity index (χ4n) is 2.74. The number of nitrogens with zero attached hydrogens (tertiary/aromatic N) is 5. The largest absolute Gasteiger partial charge is 0.489 e. The molecule has 0 saturated carbocycles. The Labute approximate surface area is 155 Å². The van der Waals surface area contributed by atoms with Crippen LogP contribution in [-0.2, 0) is 6.61 Å². The first-order valence-corrected chi connectivity index (χ1v) is 8.51. The number of aromatic nitrogens is 5. The van der Waals surface area contributed by atoms with E-state index in [2.05, 4.69) is 46.5 Å². The van der Waals surface area contributed by atoms with E-state index in [-0.39, 0.29) is 0 Å². The molecule has 0 unspecified atom stereocenters. The summed E-state index contributed by atoms with van der Waals surface area (Å²) in [4.78, 5) is 4.56. The maximum Gasteiger partial charge on any atom is 0.143 e. The molecule has 0 bridgehead atoms. The molecule has 7 heteroatoms. The van der Waals surface area contributed by atoms with Crippen molar-refractivity contribution in [3.05, 3.63) is 70.6 Å². The van der Waals surface area contributed by atoms with E-state index < -0.39 is 0 Å². The van der Waals surface area contributed by atoms with E-state index in [4.69, 9.17) is 16.3 Å². The van der Waals surface area contributed by atoms with Gasteiger partial charge < -0.3 is 4.74 Å². The van der Waals surface area contributed by atoms with Crippen molar-refractivity contribution >= 4 is 22.5 Å². The number of tetrazole rings is 1. The number of halogens is 1. The van der Waals surface area contributed by atoms with Gasteiger partial charge in [-0.3, -0.25) is 0 Å². The Morgan fingerprint density at radius 1 is 1.08 bits per heavy atom. The van der Waals surface area contributed by atoms with E-state index in [0.29, 0.717) is 11.8 Å². The minimum Gasteiger partial charge on any atom is -0.489 e. The Bertz CT molecular complexity index is 1060. The third-order valence-electron chi connectivity index (χ3n) is 4.38. The highest BCUT2D eigenvalue weighted by Crippen LogP contribution is 2.26. The topological polar surface area (TPSA) is 65.7 Å². The number of benzene rings is 2. The second-order valence-corrected chi connectivity index (χ2v) is 6.41. The Morgan fingerprint density at radius 2 is 1.88 bits per heavy atom. The van der Waals surface area contributed by atoms with Gasteiger partial charge in [-0.1, -0.05) is 23.7 Å². The van der Waals surface area contributed by atoms with Crippen LogP contribution in [0.15, 0.2) is 48.8 Å². The summed E-state index contributed by atoms with van der Waals surface area (Å²) in [5, 5.41) is 12.6. The number of hydrogen-bond acceptors (Lipinski definition) is 5. The van der Waals surface area contributed by atoms with Gasteiger partial charge in [-0.15, -0.1) is 5.10 Å². The highest BCUT2D eigenvalue weighted by Gasteiger charge is 2.09. The molecule has 2 aromatic carbocycles. The van der Waals surface area contributed by atoms with Gasteiger partial charge in [0.2, 0.25) is 0 Å². The van der Waals surface area contributed by atoms with E-state index in [0.717, 1.165) is 33.5 Å². The van der Waals surface area contributed by atoms with E-state index in [9.17, 15) is 0 Å². The standard InChI is InChI=1S/C19H16ClN5O/c1-12-3-4-14-9-15(19(20)22-18(14)13(12)2)10-26-17-7-5-16(6-8-17)25-11-21-23-24-25/h3-9,11H,10H2,1-2H3. The number of fused-ring (bicyclic) bond motifs is 1. The van der Waals surface area contributed by atoms with Gasteiger partial charge in [-0.05, 0) is 65.7 Å². The van der Waals surface area contributed by atoms with Gasteiger partial charge >= 0.3 is 0 Å². The molecule has 130 valence electrons. The summed E-state index contributed by atoms with van der Waals surface area (Å²) in [5.74, 6) is 0.734. The molecule has 0 atom stereocenters. The quantitative estimate of drug-likeness (QED) is 0.510. The van der Waals surface area contributed by atoms with E-state index >= 15 is 0 Å². The van der Waals surface area contributed by atoms with Crippen molar-refractivity contribution in [1.29, 1.82) is 0 Å². The first-order chi connectivity index (χ1) is 12.6. The zero-order valence-corrected chi connectivity index (χ0v) is 15.1. The van der Waals surface area contributed by atoms with Crippen LogP contribution in [0, 0.1) is 13.8 Å². The zero-order chi connectivity index (χ0) is 18.1. The van der Waals surface area contributed by atoms with Gasteiger partial charge in [-0.2, -0.15) is 0 Å². The summed E-state index contributed by atoms with van der Waals surface area (Å²) >= 11 is 6.37. The number of pyridine rings is 1. The van der Waals surface area contributed by atoms with Crippen molar-refractivity contribution in [3.8, 4) is 11.4 Å². The van der Waals surface area contributed by atoms with E-state index in [1.807, 2.05) is 30.3 Å². The zero-order valence-electron chi connectivity index (χ0n) is 14.3. The van der Waals surface area contributed by atoms with Crippen LogP contribution in [0.1, 0.15) is 16.7 Å². The lowest BCUT2D eigenvalue weighted by molar-refractivity contribution is 0.306. The molecule has 2 aromatic heterocycles. The average Bonchev–Trinajstić information content (AvgIpc) is 3.19. The third-order valence-corrected chi connectivity index (χ3v) is 4.71. The molecule has 0 N–H and O–H groups in total. The van der Waals surface area contributed by atoms with Crippen LogP contribution in [0.25, 0.3) is 16.6 Å². The average molecular weight is 366 g/mol. The second kappa shape index (κ2) is 6.72. The molecular weight excluding hydrogens is 350 g/mol. The SMILES string of the molecule is Cc1ccc2cc(COc3ccc(-n4cnnn4)cc3)c(Cl)nc2c1C. The molecule has 0 aliphatic heterocycles.